The first-order valence-corrected chi connectivity index (χ1v) is 11.4. The maximum Gasteiger partial charge on any atom is 0.295 e. The van der Waals surface area contributed by atoms with Crippen molar-refractivity contribution in [3.05, 3.63) is 87.5 Å². The van der Waals surface area contributed by atoms with Crippen molar-refractivity contribution < 1.29 is 18.1 Å². The van der Waals surface area contributed by atoms with Gasteiger partial charge in [-0.1, -0.05) is 29.8 Å². The van der Waals surface area contributed by atoms with E-state index in [-0.39, 0.29) is 10.6 Å². The van der Waals surface area contributed by atoms with Crippen LogP contribution in [0, 0.1) is 24.0 Å². The van der Waals surface area contributed by atoms with Crippen molar-refractivity contribution in [3.8, 4) is 5.75 Å². The molecule has 0 fully saturated rings. The third-order valence-corrected chi connectivity index (χ3v) is 6.30. The van der Waals surface area contributed by atoms with Gasteiger partial charge in [0.25, 0.3) is 15.7 Å². The lowest BCUT2D eigenvalue weighted by Crippen LogP contribution is -2.14. The van der Waals surface area contributed by atoms with Gasteiger partial charge in [0.05, 0.1) is 28.3 Å². The Morgan fingerprint density at radius 3 is 2.42 bits per heavy atom. The SMILES string of the molecule is COc1cccc(C(C)=NNc2ccc(S(=O)(=O)Nc3ccc(C)cc3C)cc2[N+](=O)[O-])c1. The van der Waals surface area contributed by atoms with E-state index in [9.17, 15) is 18.5 Å². The number of nitrogens with zero attached hydrogens (tertiary/aromatic N) is 2. The van der Waals surface area contributed by atoms with Gasteiger partial charge in [-0.15, -0.1) is 0 Å². The second kappa shape index (κ2) is 9.70. The average Bonchev–Trinajstić information content (AvgIpc) is 2.79. The first-order valence-electron chi connectivity index (χ1n) is 9.94. The summed E-state index contributed by atoms with van der Waals surface area (Å²) in [5.74, 6) is 0.652. The van der Waals surface area contributed by atoms with Crippen LogP contribution in [0.4, 0.5) is 17.1 Å². The number of hydrogen-bond donors (Lipinski definition) is 2. The molecule has 0 aliphatic carbocycles. The van der Waals surface area contributed by atoms with Gasteiger partial charge in [0.15, 0.2) is 0 Å². The highest BCUT2D eigenvalue weighted by Crippen LogP contribution is 2.29. The van der Waals surface area contributed by atoms with Crippen molar-refractivity contribution >= 4 is 32.8 Å². The fourth-order valence-corrected chi connectivity index (χ4v) is 4.26. The van der Waals surface area contributed by atoms with Crippen LogP contribution < -0.4 is 14.9 Å². The molecule has 0 aliphatic rings. The smallest absolute Gasteiger partial charge is 0.295 e. The van der Waals surface area contributed by atoms with Gasteiger partial charge in [0, 0.05) is 11.6 Å². The normalized spacial score (nSPS) is 11.7. The lowest BCUT2D eigenvalue weighted by Gasteiger charge is -2.12. The Morgan fingerprint density at radius 1 is 1.03 bits per heavy atom. The number of nitro benzene ring substituents is 1. The summed E-state index contributed by atoms with van der Waals surface area (Å²) in [4.78, 5) is 10.7. The van der Waals surface area contributed by atoms with Crippen molar-refractivity contribution in [2.45, 2.75) is 25.7 Å². The largest absolute Gasteiger partial charge is 0.497 e. The number of hydrogen-bond acceptors (Lipinski definition) is 7. The molecule has 2 N–H and O–H groups in total. The van der Waals surface area contributed by atoms with E-state index in [1.165, 1.54) is 12.1 Å². The molecule has 0 amide bonds. The fourth-order valence-electron chi connectivity index (χ4n) is 3.11. The van der Waals surface area contributed by atoms with Crippen LogP contribution in [0.5, 0.6) is 5.75 Å². The highest BCUT2D eigenvalue weighted by atomic mass is 32.2. The van der Waals surface area contributed by atoms with Crippen LogP contribution >= 0.6 is 0 Å². The molecule has 0 saturated heterocycles. The molecule has 0 bridgehead atoms. The van der Waals surface area contributed by atoms with Crippen molar-refractivity contribution in [1.29, 1.82) is 0 Å². The standard InChI is InChI=1S/C23H24N4O5S/c1-15-8-10-21(16(2)12-15)26-33(30,31)20-9-11-22(23(14-20)27(28)29)25-24-17(3)18-6-5-7-19(13-18)32-4/h5-14,25-26H,1-4H3. The molecule has 3 rings (SSSR count). The number of ether oxygens (including phenoxy) is 1. The Labute approximate surface area is 192 Å². The molecule has 3 aromatic rings. The van der Waals surface area contributed by atoms with Crippen LogP contribution in [0.25, 0.3) is 0 Å². The van der Waals surface area contributed by atoms with Crippen LogP contribution in [-0.2, 0) is 10.0 Å². The number of aryl methyl sites for hydroxylation is 2. The van der Waals surface area contributed by atoms with Gasteiger partial charge in [-0.2, -0.15) is 5.10 Å². The van der Waals surface area contributed by atoms with Crippen molar-refractivity contribution in [3.63, 3.8) is 0 Å². The highest BCUT2D eigenvalue weighted by molar-refractivity contribution is 7.92. The van der Waals surface area contributed by atoms with Gasteiger partial charge in [-0.05, 0) is 56.7 Å². The lowest BCUT2D eigenvalue weighted by molar-refractivity contribution is -0.384. The predicted molar refractivity (Wildman–Crippen MR) is 129 cm³/mol. The minimum absolute atomic E-state index is 0.0627. The monoisotopic (exact) mass is 468 g/mol. The predicted octanol–water partition coefficient (Wildman–Crippen LogP) is 4.86. The molecule has 0 spiro atoms. The molecule has 0 atom stereocenters. The zero-order chi connectivity index (χ0) is 24.2. The summed E-state index contributed by atoms with van der Waals surface area (Å²) in [7, 11) is -2.48. The Kier molecular flexibility index (Phi) is 6.98. The maximum atomic E-state index is 12.8. The zero-order valence-corrected chi connectivity index (χ0v) is 19.4. The number of rotatable bonds is 8. The third-order valence-electron chi connectivity index (χ3n) is 4.93. The lowest BCUT2D eigenvalue weighted by atomic mass is 10.1. The first kappa shape index (κ1) is 23.7. The molecule has 0 aromatic heterocycles. The van der Waals surface area contributed by atoms with E-state index >= 15 is 0 Å². The number of sulfonamides is 1. The molecule has 0 aliphatic heterocycles. The minimum Gasteiger partial charge on any atom is -0.497 e. The molecule has 9 nitrogen and oxygen atoms in total. The van der Waals surface area contributed by atoms with Crippen LogP contribution in [0.2, 0.25) is 0 Å². The molecule has 0 radical (unpaired) electrons. The van der Waals surface area contributed by atoms with E-state index in [0.29, 0.717) is 17.1 Å². The molecule has 0 heterocycles. The topological polar surface area (TPSA) is 123 Å². The summed E-state index contributed by atoms with van der Waals surface area (Å²) in [6.45, 7) is 5.42. The Bertz CT molecular complexity index is 1340. The van der Waals surface area contributed by atoms with Crippen molar-refractivity contribution in [2.75, 3.05) is 17.3 Å². The second-order valence-electron chi connectivity index (χ2n) is 7.40. The van der Waals surface area contributed by atoms with Gasteiger partial charge >= 0.3 is 0 Å². The summed E-state index contributed by atoms with van der Waals surface area (Å²) in [5, 5.41) is 15.8. The Hall–Kier alpha value is -3.92. The van der Waals surface area contributed by atoms with Crippen LogP contribution in [0.3, 0.4) is 0 Å². The molecule has 0 unspecified atom stereocenters. The van der Waals surface area contributed by atoms with Crippen molar-refractivity contribution in [2.24, 2.45) is 5.10 Å². The summed E-state index contributed by atoms with van der Waals surface area (Å²) < 4.78 is 33.4. The number of nitro groups is 1. The van der Waals surface area contributed by atoms with Crippen molar-refractivity contribution in [1.82, 2.24) is 0 Å². The third kappa shape index (κ3) is 5.66. The van der Waals surface area contributed by atoms with E-state index in [1.807, 2.05) is 19.1 Å². The number of anilines is 2. The zero-order valence-electron chi connectivity index (χ0n) is 18.6. The number of hydrazone groups is 1. The molecule has 33 heavy (non-hydrogen) atoms. The van der Waals surface area contributed by atoms with Gasteiger partial charge in [0.2, 0.25) is 0 Å². The average molecular weight is 469 g/mol. The second-order valence-corrected chi connectivity index (χ2v) is 9.08. The van der Waals surface area contributed by atoms with Gasteiger partial charge in [-0.25, -0.2) is 8.42 Å². The van der Waals surface area contributed by atoms with Crippen LogP contribution in [0.1, 0.15) is 23.6 Å². The first-order chi connectivity index (χ1) is 15.6. The maximum absolute atomic E-state index is 12.8. The molecule has 172 valence electrons. The van der Waals surface area contributed by atoms with Gasteiger partial charge in [0.1, 0.15) is 11.4 Å². The molecule has 3 aromatic carbocycles. The number of nitrogens with one attached hydrogen (secondary N) is 2. The summed E-state index contributed by atoms with van der Waals surface area (Å²) >= 11 is 0. The molecule has 0 saturated carbocycles. The van der Waals surface area contributed by atoms with Gasteiger partial charge < -0.3 is 4.74 Å². The molecular weight excluding hydrogens is 444 g/mol. The highest BCUT2D eigenvalue weighted by Gasteiger charge is 2.22. The Morgan fingerprint density at radius 2 is 1.76 bits per heavy atom. The quantitative estimate of drug-likeness (QED) is 0.277. The van der Waals surface area contributed by atoms with E-state index in [2.05, 4.69) is 15.2 Å². The van der Waals surface area contributed by atoms with Gasteiger partial charge in [-0.3, -0.25) is 20.3 Å². The summed E-state index contributed by atoms with van der Waals surface area (Å²) in [5.41, 5.74) is 5.78. The molecule has 10 heteroatoms. The van der Waals surface area contributed by atoms with E-state index < -0.39 is 20.6 Å². The Balaban J connectivity index is 1.89. The minimum atomic E-state index is -4.04. The number of methoxy groups -OCH3 is 1. The van der Waals surface area contributed by atoms with E-state index in [4.69, 9.17) is 4.74 Å². The number of benzene rings is 3. The van der Waals surface area contributed by atoms with E-state index in [0.717, 1.165) is 22.8 Å². The molecular formula is C23H24N4O5S. The summed E-state index contributed by atoms with van der Waals surface area (Å²) in [6, 6.07) is 16.1. The fraction of sp³-hybridized carbons (Fsp3) is 0.174. The van der Waals surface area contributed by atoms with Crippen LogP contribution in [0.15, 0.2) is 70.7 Å². The van der Waals surface area contributed by atoms with E-state index in [1.54, 1.807) is 51.3 Å². The summed E-state index contributed by atoms with van der Waals surface area (Å²) in [6.07, 6.45) is 0. The van der Waals surface area contributed by atoms with Crippen LogP contribution in [-0.4, -0.2) is 26.2 Å².